The largest absolute Gasteiger partial charge is 0.497 e. The van der Waals surface area contributed by atoms with Crippen LogP contribution in [0.25, 0.3) is 0 Å². The highest BCUT2D eigenvalue weighted by atomic mass is 35.5. The van der Waals surface area contributed by atoms with E-state index in [9.17, 15) is 9.59 Å². The maximum atomic E-state index is 13.2. The van der Waals surface area contributed by atoms with Crippen LogP contribution in [0.15, 0.2) is 42.5 Å². The number of piperazine rings is 1. The molecule has 29 heavy (non-hydrogen) atoms. The Labute approximate surface area is 175 Å². The van der Waals surface area contributed by atoms with Gasteiger partial charge in [-0.25, -0.2) is 0 Å². The van der Waals surface area contributed by atoms with Crippen LogP contribution in [0.2, 0.25) is 5.02 Å². The molecule has 2 amide bonds. The van der Waals surface area contributed by atoms with Crippen LogP contribution < -0.4 is 14.5 Å². The van der Waals surface area contributed by atoms with Gasteiger partial charge in [-0.2, -0.15) is 0 Å². The molecule has 0 unspecified atom stereocenters. The number of amides is 2. The number of benzene rings is 2. The zero-order chi connectivity index (χ0) is 20.4. The highest BCUT2D eigenvalue weighted by molar-refractivity contribution is 6.31. The van der Waals surface area contributed by atoms with Gasteiger partial charge in [-0.05, 0) is 48.9 Å². The highest BCUT2D eigenvalue weighted by Crippen LogP contribution is 2.30. The standard InChI is InChI=1S/C22H24ClN3O3/c1-29-18-7-5-17(6-8-18)24-11-13-25(14-12-24)22(28)19-9-4-16(23)15-20(19)26-10-2-3-21(26)27/h4-9,15H,2-3,10-14H2,1H3. The van der Waals surface area contributed by atoms with Gasteiger partial charge in [-0.15, -0.1) is 0 Å². The van der Waals surface area contributed by atoms with Crippen LogP contribution in [-0.2, 0) is 4.79 Å². The van der Waals surface area contributed by atoms with Gasteiger partial charge in [-0.1, -0.05) is 11.6 Å². The van der Waals surface area contributed by atoms with E-state index in [-0.39, 0.29) is 11.8 Å². The number of hydrogen-bond acceptors (Lipinski definition) is 4. The van der Waals surface area contributed by atoms with Crippen molar-refractivity contribution in [3.8, 4) is 5.75 Å². The van der Waals surface area contributed by atoms with Gasteiger partial charge in [0.2, 0.25) is 5.91 Å². The summed E-state index contributed by atoms with van der Waals surface area (Å²) in [5.41, 5.74) is 2.29. The average Bonchev–Trinajstić information content (AvgIpc) is 3.19. The first-order chi connectivity index (χ1) is 14.1. The molecule has 152 valence electrons. The first-order valence-electron chi connectivity index (χ1n) is 9.85. The molecule has 2 saturated heterocycles. The minimum atomic E-state index is -0.0502. The fraction of sp³-hybridized carbons (Fsp3) is 0.364. The number of anilines is 2. The Kier molecular flexibility index (Phi) is 5.62. The first-order valence-corrected chi connectivity index (χ1v) is 10.2. The van der Waals surface area contributed by atoms with Gasteiger partial charge in [0.15, 0.2) is 0 Å². The molecule has 0 saturated carbocycles. The third-order valence-corrected chi connectivity index (χ3v) is 5.79. The Balaban J connectivity index is 1.48. The summed E-state index contributed by atoms with van der Waals surface area (Å²) in [5.74, 6) is 0.825. The predicted molar refractivity (Wildman–Crippen MR) is 114 cm³/mol. The summed E-state index contributed by atoms with van der Waals surface area (Å²) in [4.78, 5) is 31.3. The number of hydrogen-bond donors (Lipinski definition) is 0. The molecular formula is C22H24ClN3O3. The van der Waals surface area contributed by atoms with Crippen molar-refractivity contribution < 1.29 is 14.3 Å². The molecule has 0 radical (unpaired) electrons. The van der Waals surface area contributed by atoms with Gasteiger partial charge in [0.25, 0.3) is 5.91 Å². The van der Waals surface area contributed by atoms with Gasteiger partial charge in [0.05, 0.1) is 18.4 Å². The monoisotopic (exact) mass is 413 g/mol. The van der Waals surface area contributed by atoms with Crippen molar-refractivity contribution in [2.45, 2.75) is 12.8 Å². The van der Waals surface area contributed by atoms with Crippen LogP contribution in [0, 0.1) is 0 Å². The molecule has 0 aromatic heterocycles. The topological polar surface area (TPSA) is 53.1 Å². The lowest BCUT2D eigenvalue weighted by Crippen LogP contribution is -2.49. The van der Waals surface area contributed by atoms with E-state index < -0.39 is 0 Å². The Bertz CT molecular complexity index is 908. The highest BCUT2D eigenvalue weighted by Gasteiger charge is 2.29. The van der Waals surface area contributed by atoms with E-state index >= 15 is 0 Å². The molecule has 2 aromatic rings. The normalized spacial score (nSPS) is 17.0. The molecule has 2 fully saturated rings. The lowest BCUT2D eigenvalue weighted by molar-refractivity contribution is -0.117. The van der Waals surface area contributed by atoms with Crippen LogP contribution >= 0.6 is 11.6 Å². The number of ether oxygens (including phenoxy) is 1. The summed E-state index contributed by atoms with van der Waals surface area (Å²) in [6, 6.07) is 13.1. The predicted octanol–water partition coefficient (Wildman–Crippen LogP) is 3.44. The van der Waals surface area contributed by atoms with Crippen molar-refractivity contribution in [1.82, 2.24) is 4.90 Å². The van der Waals surface area contributed by atoms with Gasteiger partial charge in [0, 0.05) is 49.9 Å². The molecule has 0 N–H and O–H groups in total. The lowest BCUT2D eigenvalue weighted by Gasteiger charge is -2.36. The molecule has 2 aliphatic rings. The minimum Gasteiger partial charge on any atom is -0.497 e. The molecular weight excluding hydrogens is 390 g/mol. The van der Waals surface area contributed by atoms with Crippen LogP contribution in [0.1, 0.15) is 23.2 Å². The summed E-state index contributed by atoms with van der Waals surface area (Å²) in [7, 11) is 1.65. The summed E-state index contributed by atoms with van der Waals surface area (Å²) in [6.07, 6.45) is 1.32. The fourth-order valence-electron chi connectivity index (χ4n) is 3.94. The third-order valence-electron chi connectivity index (χ3n) is 5.56. The molecule has 2 heterocycles. The van der Waals surface area contributed by atoms with E-state index in [4.69, 9.17) is 16.3 Å². The van der Waals surface area contributed by atoms with E-state index in [1.807, 2.05) is 29.2 Å². The van der Waals surface area contributed by atoms with Crippen molar-refractivity contribution in [1.29, 1.82) is 0 Å². The van der Waals surface area contributed by atoms with Crippen molar-refractivity contribution in [3.63, 3.8) is 0 Å². The maximum Gasteiger partial charge on any atom is 0.256 e. The number of halogens is 1. The van der Waals surface area contributed by atoms with Crippen molar-refractivity contribution in [3.05, 3.63) is 53.1 Å². The smallest absolute Gasteiger partial charge is 0.256 e. The summed E-state index contributed by atoms with van der Waals surface area (Å²) < 4.78 is 5.21. The molecule has 0 atom stereocenters. The molecule has 0 spiro atoms. The number of carbonyl (C=O) groups is 2. The number of rotatable bonds is 4. The van der Waals surface area contributed by atoms with Crippen LogP contribution in [0.4, 0.5) is 11.4 Å². The van der Waals surface area contributed by atoms with Crippen LogP contribution in [0.5, 0.6) is 5.75 Å². The quantitative estimate of drug-likeness (QED) is 0.770. The van der Waals surface area contributed by atoms with E-state index in [0.29, 0.717) is 42.3 Å². The number of nitrogens with zero attached hydrogens (tertiary/aromatic N) is 3. The third kappa shape index (κ3) is 4.03. The summed E-state index contributed by atoms with van der Waals surface area (Å²) in [6.45, 7) is 3.39. The SMILES string of the molecule is COc1ccc(N2CCN(C(=O)c3ccc(Cl)cc3N3CCCC3=O)CC2)cc1. The second kappa shape index (κ2) is 8.33. The Morgan fingerprint density at radius 1 is 1.00 bits per heavy atom. The molecule has 6 nitrogen and oxygen atoms in total. The lowest BCUT2D eigenvalue weighted by atomic mass is 10.1. The fourth-order valence-corrected chi connectivity index (χ4v) is 4.11. The first kappa shape index (κ1) is 19.6. The maximum absolute atomic E-state index is 13.2. The van der Waals surface area contributed by atoms with Gasteiger partial charge >= 0.3 is 0 Å². The molecule has 2 aliphatic heterocycles. The summed E-state index contributed by atoms with van der Waals surface area (Å²) >= 11 is 6.16. The Morgan fingerprint density at radius 3 is 2.34 bits per heavy atom. The van der Waals surface area contributed by atoms with E-state index in [1.165, 1.54) is 0 Å². The van der Waals surface area contributed by atoms with Crippen molar-refractivity contribution >= 4 is 34.8 Å². The van der Waals surface area contributed by atoms with E-state index in [2.05, 4.69) is 4.90 Å². The van der Waals surface area contributed by atoms with E-state index in [0.717, 1.165) is 30.9 Å². The average molecular weight is 414 g/mol. The molecule has 4 rings (SSSR count). The molecule has 2 aromatic carbocycles. The van der Waals surface area contributed by atoms with Crippen LogP contribution in [-0.4, -0.2) is 56.5 Å². The van der Waals surface area contributed by atoms with E-state index in [1.54, 1.807) is 30.2 Å². The number of methoxy groups -OCH3 is 1. The second-order valence-corrected chi connectivity index (χ2v) is 7.72. The van der Waals surface area contributed by atoms with Gasteiger partial charge in [0.1, 0.15) is 5.75 Å². The zero-order valence-electron chi connectivity index (χ0n) is 16.4. The van der Waals surface area contributed by atoms with Gasteiger partial charge in [-0.3, -0.25) is 9.59 Å². The number of carbonyl (C=O) groups excluding carboxylic acids is 2. The molecule has 7 heteroatoms. The van der Waals surface area contributed by atoms with Gasteiger partial charge < -0.3 is 19.4 Å². The second-order valence-electron chi connectivity index (χ2n) is 7.29. The van der Waals surface area contributed by atoms with Crippen molar-refractivity contribution in [2.75, 3.05) is 49.6 Å². The molecule has 0 bridgehead atoms. The minimum absolute atomic E-state index is 0.0469. The van der Waals surface area contributed by atoms with Crippen LogP contribution in [0.3, 0.4) is 0 Å². The Hall–Kier alpha value is -2.73. The zero-order valence-corrected chi connectivity index (χ0v) is 17.2. The summed E-state index contributed by atoms with van der Waals surface area (Å²) in [5, 5.41) is 0.528. The molecule has 0 aliphatic carbocycles. The van der Waals surface area contributed by atoms with Crippen molar-refractivity contribution in [2.24, 2.45) is 0 Å². The Morgan fingerprint density at radius 2 is 1.72 bits per heavy atom.